The standard InChI is InChI=1S/C26H30N2O5/c1-2-17(15-23(29)28-26(24(30)31)13-7-8-14-26)27-25(32)33-16-22-20-11-5-3-9-18(20)19-10-4-6-12-21(19)22/h3-6,9-12,17,22H,2,7-8,13-16H2,1H3,(H,27,32)(H,28,29)(H,30,31)/t17-/m1/s1. The number of amides is 2. The summed E-state index contributed by atoms with van der Waals surface area (Å²) in [5, 5.41) is 15.0. The Bertz CT molecular complexity index is 999. The number of alkyl carbamates (subject to hydrolysis) is 1. The Morgan fingerprint density at radius 1 is 1.03 bits per heavy atom. The molecule has 0 aromatic heterocycles. The predicted octanol–water partition coefficient (Wildman–Crippen LogP) is 4.21. The van der Waals surface area contributed by atoms with Gasteiger partial charge in [-0.05, 0) is 41.5 Å². The average Bonchev–Trinajstić information content (AvgIpc) is 3.41. The Balaban J connectivity index is 1.34. The number of carboxylic acid groups (broad SMARTS) is 1. The molecule has 0 heterocycles. The maximum absolute atomic E-state index is 12.5. The van der Waals surface area contributed by atoms with Gasteiger partial charge < -0.3 is 20.5 Å². The van der Waals surface area contributed by atoms with Crippen LogP contribution >= 0.6 is 0 Å². The topological polar surface area (TPSA) is 105 Å². The van der Waals surface area contributed by atoms with E-state index in [2.05, 4.69) is 34.9 Å². The lowest BCUT2D eigenvalue weighted by Gasteiger charge is -2.26. The van der Waals surface area contributed by atoms with Crippen molar-refractivity contribution in [3.8, 4) is 11.1 Å². The van der Waals surface area contributed by atoms with E-state index in [4.69, 9.17) is 4.74 Å². The molecular weight excluding hydrogens is 420 g/mol. The zero-order valence-corrected chi connectivity index (χ0v) is 18.8. The van der Waals surface area contributed by atoms with Gasteiger partial charge in [-0.25, -0.2) is 9.59 Å². The molecule has 2 aliphatic carbocycles. The van der Waals surface area contributed by atoms with Gasteiger partial charge in [0.1, 0.15) is 12.1 Å². The fraction of sp³-hybridized carbons (Fsp3) is 0.423. The van der Waals surface area contributed by atoms with E-state index in [9.17, 15) is 19.5 Å². The van der Waals surface area contributed by atoms with Gasteiger partial charge >= 0.3 is 12.1 Å². The molecule has 33 heavy (non-hydrogen) atoms. The minimum absolute atomic E-state index is 0.00965. The van der Waals surface area contributed by atoms with Crippen LogP contribution in [-0.2, 0) is 14.3 Å². The number of carbonyl (C=O) groups excluding carboxylic acids is 2. The number of carboxylic acids is 1. The van der Waals surface area contributed by atoms with Crippen LogP contribution in [-0.4, -0.2) is 41.3 Å². The molecule has 0 unspecified atom stereocenters. The van der Waals surface area contributed by atoms with Gasteiger partial charge in [0, 0.05) is 18.4 Å². The molecule has 0 spiro atoms. The van der Waals surface area contributed by atoms with Crippen LogP contribution in [0.1, 0.15) is 62.5 Å². The first-order valence-corrected chi connectivity index (χ1v) is 11.6. The van der Waals surface area contributed by atoms with Crippen LogP contribution in [0.15, 0.2) is 48.5 Å². The first-order valence-electron chi connectivity index (χ1n) is 11.6. The molecule has 1 atom stereocenters. The molecule has 2 aliphatic rings. The monoisotopic (exact) mass is 450 g/mol. The molecule has 1 fully saturated rings. The minimum atomic E-state index is -1.18. The van der Waals surface area contributed by atoms with E-state index in [1.54, 1.807) is 0 Å². The molecule has 0 aliphatic heterocycles. The third-order valence-corrected chi connectivity index (χ3v) is 6.84. The van der Waals surface area contributed by atoms with E-state index in [1.807, 2.05) is 31.2 Å². The van der Waals surface area contributed by atoms with E-state index in [1.165, 1.54) is 0 Å². The normalized spacial score (nSPS) is 17.0. The second-order valence-electron chi connectivity index (χ2n) is 8.92. The number of fused-ring (bicyclic) bond motifs is 3. The summed E-state index contributed by atoms with van der Waals surface area (Å²) in [5.74, 6) is -1.40. The molecule has 4 rings (SSSR count). The minimum Gasteiger partial charge on any atom is -0.480 e. The maximum atomic E-state index is 12.5. The van der Waals surface area contributed by atoms with Crippen LogP contribution in [0.4, 0.5) is 4.79 Å². The van der Waals surface area contributed by atoms with Gasteiger partial charge in [-0.1, -0.05) is 68.3 Å². The van der Waals surface area contributed by atoms with Crippen LogP contribution in [0.3, 0.4) is 0 Å². The lowest BCUT2D eigenvalue weighted by molar-refractivity contribution is -0.147. The quantitative estimate of drug-likeness (QED) is 0.559. The summed E-state index contributed by atoms with van der Waals surface area (Å²) in [6.07, 6.45) is 2.39. The average molecular weight is 451 g/mol. The molecule has 3 N–H and O–H groups in total. The van der Waals surface area contributed by atoms with Crippen LogP contribution < -0.4 is 10.6 Å². The van der Waals surface area contributed by atoms with Crippen molar-refractivity contribution in [1.82, 2.24) is 10.6 Å². The largest absolute Gasteiger partial charge is 0.480 e. The van der Waals surface area contributed by atoms with Gasteiger partial charge in [0.25, 0.3) is 0 Å². The predicted molar refractivity (Wildman–Crippen MR) is 124 cm³/mol. The highest BCUT2D eigenvalue weighted by atomic mass is 16.5. The molecule has 7 nitrogen and oxygen atoms in total. The third kappa shape index (κ3) is 4.72. The zero-order valence-electron chi connectivity index (χ0n) is 18.8. The highest BCUT2D eigenvalue weighted by Gasteiger charge is 2.42. The number of ether oxygens (including phenoxy) is 1. The molecule has 0 radical (unpaired) electrons. The van der Waals surface area contributed by atoms with Gasteiger partial charge in [0.2, 0.25) is 5.91 Å². The van der Waals surface area contributed by atoms with Gasteiger partial charge in [-0.15, -0.1) is 0 Å². The van der Waals surface area contributed by atoms with Crippen molar-refractivity contribution in [2.75, 3.05) is 6.61 Å². The molecule has 1 saturated carbocycles. The van der Waals surface area contributed by atoms with Gasteiger partial charge in [-0.3, -0.25) is 4.79 Å². The van der Waals surface area contributed by atoms with Crippen molar-refractivity contribution < 1.29 is 24.2 Å². The van der Waals surface area contributed by atoms with Crippen molar-refractivity contribution in [2.45, 2.75) is 62.9 Å². The Kier molecular flexibility index (Phi) is 6.67. The smallest absolute Gasteiger partial charge is 0.407 e. The Hall–Kier alpha value is -3.35. The van der Waals surface area contributed by atoms with Crippen LogP contribution in [0, 0.1) is 0 Å². The van der Waals surface area contributed by atoms with Crippen LogP contribution in [0.25, 0.3) is 11.1 Å². The second-order valence-corrected chi connectivity index (χ2v) is 8.92. The van der Waals surface area contributed by atoms with E-state index >= 15 is 0 Å². The first-order chi connectivity index (χ1) is 15.9. The summed E-state index contributed by atoms with van der Waals surface area (Å²) in [4.78, 5) is 36.7. The number of rotatable bonds is 8. The van der Waals surface area contributed by atoms with Crippen molar-refractivity contribution in [2.24, 2.45) is 0 Å². The molecule has 7 heteroatoms. The highest BCUT2D eigenvalue weighted by molar-refractivity contribution is 5.87. The van der Waals surface area contributed by atoms with Crippen LogP contribution in [0.2, 0.25) is 0 Å². The molecule has 0 bridgehead atoms. The van der Waals surface area contributed by atoms with E-state index in [0.29, 0.717) is 19.3 Å². The lowest BCUT2D eigenvalue weighted by Crippen LogP contribution is -2.53. The zero-order chi connectivity index (χ0) is 23.4. The second kappa shape index (κ2) is 9.65. The SMILES string of the molecule is CC[C@H](CC(=O)NC1(C(=O)O)CCCC1)NC(=O)OCC1c2ccccc2-c2ccccc21. The summed E-state index contributed by atoms with van der Waals surface area (Å²) in [5.41, 5.74) is 3.40. The summed E-state index contributed by atoms with van der Waals surface area (Å²) in [6.45, 7) is 2.06. The number of hydrogen-bond donors (Lipinski definition) is 3. The summed E-state index contributed by atoms with van der Waals surface area (Å²) in [7, 11) is 0. The highest BCUT2D eigenvalue weighted by Crippen LogP contribution is 2.44. The maximum Gasteiger partial charge on any atom is 0.407 e. The number of benzene rings is 2. The van der Waals surface area contributed by atoms with Gasteiger partial charge in [0.15, 0.2) is 0 Å². The van der Waals surface area contributed by atoms with Crippen molar-refractivity contribution in [3.63, 3.8) is 0 Å². The first kappa shape index (κ1) is 22.8. The Labute approximate surface area is 193 Å². The van der Waals surface area contributed by atoms with Crippen molar-refractivity contribution >= 4 is 18.0 Å². The van der Waals surface area contributed by atoms with Crippen molar-refractivity contribution in [3.05, 3.63) is 59.7 Å². The number of hydrogen-bond acceptors (Lipinski definition) is 4. The Morgan fingerprint density at radius 2 is 1.61 bits per heavy atom. The van der Waals surface area contributed by atoms with Gasteiger partial charge in [-0.2, -0.15) is 0 Å². The van der Waals surface area contributed by atoms with Crippen LogP contribution in [0.5, 0.6) is 0 Å². The van der Waals surface area contributed by atoms with E-state index < -0.39 is 23.6 Å². The number of aliphatic carboxylic acids is 1. The number of carbonyl (C=O) groups is 3. The molecule has 2 aromatic rings. The fourth-order valence-electron chi connectivity index (χ4n) is 5.02. The van der Waals surface area contributed by atoms with Crippen molar-refractivity contribution in [1.29, 1.82) is 0 Å². The fourth-order valence-corrected chi connectivity index (χ4v) is 5.02. The Morgan fingerprint density at radius 3 is 2.15 bits per heavy atom. The lowest BCUT2D eigenvalue weighted by atomic mass is 9.97. The van der Waals surface area contributed by atoms with E-state index in [-0.39, 0.29) is 24.9 Å². The molecule has 174 valence electrons. The molecule has 2 amide bonds. The third-order valence-electron chi connectivity index (χ3n) is 6.84. The molecule has 0 saturated heterocycles. The summed E-state index contributed by atoms with van der Waals surface area (Å²) >= 11 is 0. The molecule has 2 aromatic carbocycles. The summed E-state index contributed by atoms with van der Waals surface area (Å²) < 4.78 is 5.57. The summed E-state index contributed by atoms with van der Waals surface area (Å²) in [6, 6.07) is 15.8. The molecular formula is C26H30N2O5. The van der Waals surface area contributed by atoms with Gasteiger partial charge in [0.05, 0.1) is 0 Å². The number of nitrogens with one attached hydrogen (secondary N) is 2. The van der Waals surface area contributed by atoms with E-state index in [0.717, 1.165) is 35.1 Å².